The summed E-state index contributed by atoms with van der Waals surface area (Å²) in [4.78, 5) is 15.7. The molecule has 7 heteroatoms. The molecule has 2 heterocycles. The van der Waals surface area contributed by atoms with Crippen LogP contribution in [-0.2, 0) is 16.2 Å². The second-order valence-corrected chi connectivity index (χ2v) is 11.7. The van der Waals surface area contributed by atoms with Crippen LogP contribution in [0.3, 0.4) is 0 Å². The molecule has 114 valence electrons. The number of rotatable bonds is 6. The van der Waals surface area contributed by atoms with Crippen molar-refractivity contribution in [2.75, 3.05) is 13.7 Å². The fourth-order valence-corrected chi connectivity index (χ4v) is 2.65. The van der Waals surface area contributed by atoms with E-state index >= 15 is 0 Å². The average molecular weight is 307 g/mol. The number of carbonyl (C=O) groups is 1. The molecule has 0 aliphatic rings. The standard InChI is InChI=1S/C14H21N3O3Si/c1-19-14(18)13-11-9-16-17(12(11)5-6-15-13)10-20-7-8-21(2,3)4/h5-6,9H,7-8,10H2,1-4H3. The molecular formula is C14H21N3O3Si. The zero-order chi connectivity index (χ0) is 15.5. The van der Waals surface area contributed by atoms with E-state index in [-0.39, 0.29) is 5.69 Å². The molecule has 6 nitrogen and oxygen atoms in total. The van der Waals surface area contributed by atoms with Crippen LogP contribution in [0.25, 0.3) is 10.9 Å². The SMILES string of the molecule is COC(=O)c1nccc2c1cnn2COCC[Si](C)(C)C. The molecule has 21 heavy (non-hydrogen) atoms. The van der Waals surface area contributed by atoms with Crippen molar-refractivity contribution in [1.29, 1.82) is 0 Å². The van der Waals surface area contributed by atoms with Gasteiger partial charge in [-0.25, -0.2) is 14.5 Å². The van der Waals surface area contributed by atoms with E-state index in [1.165, 1.54) is 7.11 Å². The van der Waals surface area contributed by atoms with Gasteiger partial charge in [0.05, 0.1) is 24.2 Å². The lowest BCUT2D eigenvalue weighted by molar-refractivity contribution is 0.0596. The maximum atomic E-state index is 11.7. The van der Waals surface area contributed by atoms with Gasteiger partial charge in [-0.1, -0.05) is 19.6 Å². The first-order valence-electron chi connectivity index (χ1n) is 6.89. The van der Waals surface area contributed by atoms with Gasteiger partial charge in [0.25, 0.3) is 0 Å². The van der Waals surface area contributed by atoms with E-state index in [9.17, 15) is 4.79 Å². The van der Waals surface area contributed by atoms with E-state index in [1.807, 2.05) is 6.07 Å². The summed E-state index contributed by atoms with van der Waals surface area (Å²) < 4.78 is 12.1. The van der Waals surface area contributed by atoms with Gasteiger partial charge >= 0.3 is 5.97 Å². The van der Waals surface area contributed by atoms with Crippen LogP contribution >= 0.6 is 0 Å². The predicted octanol–water partition coefficient (Wildman–Crippen LogP) is 2.53. The van der Waals surface area contributed by atoms with E-state index in [2.05, 4.69) is 29.7 Å². The van der Waals surface area contributed by atoms with Gasteiger partial charge in [-0.2, -0.15) is 5.10 Å². The van der Waals surface area contributed by atoms with E-state index in [4.69, 9.17) is 9.47 Å². The molecular weight excluding hydrogens is 286 g/mol. The summed E-state index contributed by atoms with van der Waals surface area (Å²) >= 11 is 0. The minimum absolute atomic E-state index is 0.281. The van der Waals surface area contributed by atoms with Gasteiger partial charge in [0.1, 0.15) is 6.73 Å². The maximum Gasteiger partial charge on any atom is 0.357 e. The molecule has 0 aromatic carbocycles. The third-order valence-electron chi connectivity index (χ3n) is 3.16. The molecule has 0 unspecified atom stereocenters. The van der Waals surface area contributed by atoms with Crippen molar-refractivity contribution in [3.8, 4) is 0 Å². The van der Waals surface area contributed by atoms with E-state index in [1.54, 1.807) is 17.1 Å². The first kappa shape index (κ1) is 15.7. The summed E-state index contributed by atoms with van der Waals surface area (Å²) in [5.41, 5.74) is 1.10. The third-order valence-corrected chi connectivity index (χ3v) is 4.86. The van der Waals surface area contributed by atoms with Crippen LogP contribution in [0.4, 0.5) is 0 Å². The molecule has 0 atom stereocenters. The molecule has 0 radical (unpaired) electrons. The Balaban J connectivity index is 2.10. The quantitative estimate of drug-likeness (QED) is 0.466. The van der Waals surface area contributed by atoms with Crippen LogP contribution in [0, 0.1) is 0 Å². The van der Waals surface area contributed by atoms with Crippen molar-refractivity contribution in [3.63, 3.8) is 0 Å². The average Bonchev–Trinajstić information content (AvgIpc) is 2.85. The van der Waals surface area contributed by atoms with Crippen LogP contribution in [0.1, 0.15) is 10.5 Å². The van der Waals surface area contributed by atoms with Gasteiger partial charge < -0.3 is 9.47 Å². The first-order chi connectivity index (χ1) is 9.92. The maximum absolute atomic E-state index is 11.7. The Hall–Kier alpha value is -1.73. The van der Waals surface area contributed by atoms with Crippen molar-refractivity contribution in [1.82, 2.24) is 14.8 Å². The van der Waals surface area contributed by atoms with Gasteiger partial charge in [0.15, 0.2) is 5.69 Å². The molecule has 0 saturated heterocycles. The van der Waals surface area contributed by atoms with Crippen molar-refractivity contribution in [2.24, 2.45) is 0 Å². The summed E-state index contributed by atoms with van der Waals surface area (Å²) in [5, 5.41) is 4.94. The lowest BCUT2D eigenvalue weighted by Gasteiger charge is -2.15. The summed E-state index contributed by atoms with van der Waals surface area (Å²) in [6.07, 6.45) is 3.20. The molecule has 0 aliphatic carbocycles. The zero-order valence-electron chi connectivity index (χ0n) is 12.9. The Morgan fingerprint density at radius 1 is 1.38 bits per heavy atom. The van der Waals surface area contributed by atoms with Gasteiger partial charge in [0, 0.05) is 20.9 Å². The summed E-state index contributed by atoms with van der Waals surface area (Å²) in [6, 6.07) is 2.93. The highest BCUT2D eigenvalue weighted by molar-refractivity contribution is 6.76. The van der Waals surface area contributed by atoms with E-state index in [0.29, 0.717) is 12.1 Å². The smallest absolute Gasteiger partial charge is 0.357 e. The summed E-state index contributed by atoms with van der Waals surface area (Å²) in [6.45, 7) is 8.04. The van der Waals surface area contributed by atoms with Gasteiger partial charge in [-0.05, 0) is 12.1 Å². The van der Waals surface area contributed by atoms with E-state index < -0.39 is 14.0 Å². The van der Waals surface area contributed by atoms with Crippen LogP contribution in [0.15, 0.2) is 18.5 Å². The Bertz CT molecular complexity index is 634. The molecule has 0 amide bonds. The molecule has 0 N–H and O–H groups in total. The second kappa shape index (κ2) is 6.36. The molecule has 2 aromatic heterocycles. The highest BCUT2D eigenvalue weighted by Gasteiger charge is 2.15. The first-order valence-corrected chi connectivity index (χ1v) is 10.6. The highest BCUT2D eigenvalue weighted by Crippen LogP contribution is 2.17. The predicted molar refractivity (Wildman–Crippen MR) is 83.0 cm³/mol. The monoisotopic (exact) mass is 307 g/mol. The molecule has 0 bridgehead atoms. The van der Waals surface area contributed by atoms with Crippen molar-refractivity contribution >= 4 is 24.9 Å². The number of ether oxygens (including phenoxy) is 2. The molecule has 0 spiro atoms. The summed E-state index contributed by atoms with van der Waals surface area (Å²) in [5.74, 6) is -0.459. The fourth-order valence-electron chi connectivity index (χ4n) is 1.90. The minimum atomic E-state index is -1.09. The molecule has 2 rings (SSSR count). The van der Waals surface area contributed by atoms with Crippen LogP contribution in [-0.4, -0.2) is 42.5 Å². The zero-order valence-corrected chi connectivity index (χ0v) is 13.9. The highest BCUT2D eigenvalue weighted by atomic mass is 28.3. The van der Waals surface area contributed by atoms with Gasteiger partial charge in [0.2, 0.25) is 0 Å². The second-order valence-electron chi connectivity index (χ2n) is 6.08. The van der Waals surface area contributed by atoms with Gasteiger partial charge in [-0.3, -0.25) is 0 Å². The normalized spacial score (nSPS) is 11.8. The number of carbonyl (C=O) groups excluding carboxylic acids is 1. The number of methoxy groups -OCH3 is 1. The van der Waals surface area contributed by atoms with Crippen molar-refractivity contribution in [3.05, 3.63) is 24.2 Å². The number of hydrogen-bond acceptors (Lipinski definition) is 5. The number of nitrogens with zero attached hydrogens (tertiary/aromatic N) is 3. The summed E-state index contributed by atoms with van der Waals surface area (Å²) in [7, 11) is 0.252. The lowest BCUT2D eigenvalue weighted by atomic mass is 10.2. The number of pyridine rings is 1. The van der Waals surface area contributed by atoms with Gasteiger partial charge in [-0.15, -0.1) is 0 Å². The molecule has 2 aromatic rings. The Morgan fingerprint density at radius 3 is 2.81 bits per heavy atom. The van der Waals surface area contributed by atoms with Crippen LogP contribution in [0.5, 0.6) is 0 Å². The molecule has 0 aliphatic heterocycles. The number of esters is 1. The third kappa shape index (κ3) is 3.89. The Labute approximate surface area is 125 Å². The molecule has 0 fully saturated rings. The number of hydrogen-bond donors (Lipinski definition) is 0. The molecule has 0 saturated carbocycles. The largest absolute Gasteiger partial charge is 0.464 e. The topological polar surface area (TPSA) is 66.2 Å². The van der Waals surface area contributed by atoms with Crippen molar-refractivity contribution in [2.45, 2.75) is 32.4 Å². The van der Waals surface area contributed by atoms with Crippen LogP contribution in [0.2, 0.25) is 25.7 Å². The fraction of sp³-hybridized carbons (Fsp3) is 0.500. The van der Waals surface area contributed by atoms with Crippen molar-refractivity contribution < 1.29 is 14.3 Å². The Morgan fingerprint density at radius 2 is 2.14 bits per heavy atom. The number of aromatic nitrogens is 3. The lowest BCUT2D eigenvalue weighted by Crippen LogP contribution is -2.22. The number of fused-ring (bicyclic) bond motifs is 1. The van der Waals surface area contributed by atoms with Crippen LogP contribution < -0.4 is 0 Å². The Kier molecular flexibility index (Phi) is 4.74. The minimum Gasteiger partial charge on any atom is -0.464 e. The van der Waals surface area contributed by atoms with E-state index in [0.717, 1.165) is 18.2 Å².